The molecule has 0 radical (unpaired) electrons. The third-order valence-corrected chi connectivity index (χ3v) is 5.51. The Hall–Kier alpha value is -1.62. The van der Waals surface area contributed by atoms with Crippen molar-refractivity contribution in [2.75, 3.05) is 13.1 Å². The zero-order chi connectivity index (χ0) is 16.4. The van der Waals surface area contributed by atoms with Gasteiger partial charge in [-0.15, -0.1) is 24.8 Å². The second-order valence-corrected chi connectivity index (χ2v) is 6.98. The lowest BCUT2D eigenvalue weighted by Crippen LogP contribution is -2.35. The van der Waals surface area contributed by atoms with Gasteiger partial charge in [-0.1, -0.05) is 36.4 Å². The molecule has 140 valence electrons. The van der Waals surface area contributed by atoms with E-state index in [2.05, 4.69) is 15.6 Å². The Morgan fingerprint density at radius 1 is 1.08 bits per heavy atom. The molecule has 1 aliphatic carbocycles. The third-order valence-electron chi connectivity index (χ3n) is 5.51. The molecule has 1 saturated carbocycles. The SMILES string of the molecule is Cl.Cl.O=C(NC(c1ccccc1)c1ccccn1)C1CC12CCNCC2. The predicted octanol–water partition coefficient (Wildman–Crippen LogP) is 3.52. The molecule has 26 heavy (non-hydrogen) atoms. The van der Waals surface area contributed by atoms with Crippen LogP contribution in [0.2, 0.25) is 0 Å². The maximum atomic E-state index is 12.9. The van der Waals surface area contributed by atoms with E-state index < -0.39 is 0 Å². The molecule has 1 amide bonds. The number of aromatic nitrogens is 1. The van der Waals surface area contributed by atoms with Gasteiger partial charge in [0.05, 0.1) is 11.7 Å². The highest BCUT2D eigenvalue weighted by atomic mass is 35.5. The Labute approximate surface area is 167 Å². The lowest BCUT2D eigenvalue weighted by molar-refractivity contribution is -0.123. The molecule has 2 fully saturated rings. The average molecular weight is 394 g/mol. The summed E-state index contributed by atoms with van der Waals surface area (Å²) in [6.07, 6.45) is 5.04. The summed E-state index contributed by atoms with van der Waals surface area (Å²) in [7, 11) is 0. The Balaban J connectivity index is 0.00000121. The van der Waals surface area contributed by atoms with Gasteiger partial charge in [0, 0.05) is 12.1 Å². The van der Waals surface area contributed by atoms with Crippen molar-refractivity contribution in [2.45, 2.75) is 25.3 Å². The summed E-state index contributed by atoms with van der Waals surface area (Å²) >= 11 is 0. The van der Waals surface area contributed by atoms with Gasteiger partial charge in [-0.3, -0.25) is 9.78 Å². The van der Waals surface area contributed by atoms with Crippen molar-refractivity contribution in [2.24, 2.45) is 11.3 Å². The topological polar surface area (TPSA) is 54.0 Å². The fourth-order valence-corrected chi connectivity index (χ4v) is 3.96. The third kappa shape index (κ3) is 4.20. The molecule has 2 N–H and O–H groups in total. The summed E-state index contributed by atoms with van der Waals surface area (Å²) in [6, 6.07) is 15.8. The monoisotopic (exact) mass is 393 g/mol. The molecule has 2 aliphatic rings. The van der Waals surface area contributed by atoms with Crippen molar-refractivity contribution in [3.63, 3.8) is 0 Å². The first kappa shape index (κ1) is 20.7. The second kappa shape index (κ2) is 8.85. The predicted molar refractivity (Wildman–Crippen MR) is 108 cm³/mol. The van der Waals surface area contributed by atoms with E-state index in [1.807, 2.05) is 48.5 Å². The molecular weight excluding hydrogens is 369 g/mol. The highest BCUT2D eigenvalue weighted by Gasteiger charge is 2.57. The van der Waals surface area contributed by atoms with Crippen molar-refractivity contribution in [3.8, 4) is 0 Å². The minimum Gasteiger partial charge on any atom is -0.343 e. The second-order valence-electron chi connectivity index (χ2n) is 6.98. The molecule has 1 aliphatic heterocycles. The van der Waals surface area contributed by atoms with Crippen LogP contribution in [0, 0.1) is 11.3 Å². The quantitative estimate of drug-likeness (QED) is 0.835. The van der Waals surface area contributed by atoms with Gasteiger partial charge < -0.3 is 10.6 Å². The number of carbonyl (C=O) groups is 1. The summed E-state index contributed by atoms with van der Waals surface area (Å²) in [5.41, 5.74) is 2.21. The van der Waals surface area contributed by atoms with Gasteiger partial charge in [-0.05, 0) is 55.5 Å². The minimum absolute atomic E-state index is 0. The molecule has 2 unspecified atom stereocenters. The number of amides is 1. The van der Waals surface area contributed by atoms with Crippen LogP contribution >= 0.6 is 24.8 Å². The first-order chi connectivity index (χ1) is 11.8. The van der Waals surface area contributed by atoms with Gasteiger partial charge in [-0.2, -0.15) is 0 Å². The molecule has 1 aromatic heterocycles. The van der Waals surface area contributed by atoms with Gasteiger partial charge in [-0.25, -0.2) is 0 Å². The number of rotatable bonds is 4. The number of piperidine rings is 1. The maximum Gasteiger partial charge on any atom is 0.224 e. The van der Waals surface area contributed by atoms with Crippen molar-refractivity contribution < 1.29 is 4.79 Å². The smallest absolute Gasteiger partial charge is 0.224 e. The van der Waals surface area contributed by atoms with Gasteiger partial charge in [0.1, 0.15) is 0 Å². The molecule has 1 aromatic carbocycles. The number of nitrogens with zero attached hydrogens (tertiary/aromatic N) is 1. The van der Waals surface area contributed by atoms with E-state index in [4.69, 9.17) is 0 Å². The molecule has 6 heteroatoms. The van der Waals surface area contributed by atoms with Crippen molar-refractivity contribution >= 4 is 30.7 Å². The normalized spacial score (nSPS) is 21.0. The van der Waals surface area contributed by atoms with Crippen LogP contribution < -0.4 is 10.6 Å². The van der Waals surface area contributed by atoms with Gasteiger partial charge in [0.15, 0.2) is 0 Å². The van der Waals surface area contributed by atoms with Crippen LogP contribution in [0.15, 0.2) is 54.7 Å². The summed E-state index contributed by atoms with van der Waals surface area (Å²) in [6.45, 7) is 2.07. The average Bonchev–Trinajstić information content (AvgIpc) is 3.34. The summed E-state index contributed by atoms with van der Waals surface area (Å²) in [4.78, 5) is 17.3. The molecular formula is C20H25Cl2N3O. The van der Waals surface area contributed by atoms with Crippen LogP contribution in [-0.4, -0.2) is 24.0 Å². The van der Waals surface area contributed by atoms with Gasteiger partial charge in [0.2, 0.25) is 5.91 Å². The van der Waals surface area contributed by atoms with Crippen LogP contribution in [0.3, 0.4) is 0 Å². The van der Waals surface area contributed by atoms with Crippen LogP contribution in [-0.2, 0) is 4.79 Å². The maximum absolute atomic E-state index is 12.9. The summed E-state index contributed by atoms with van der Waals surface area (Å²) in [5.74, 6) is 0.339. The number of nitrogens with one attached hydrogen (secondary N) is 2. The minimum atomic E-state index is -0.181. The number of hydrogen-bond acceptors (Lipinski definition) is 3. The Kier molecular flexibility index (Phi) is 7.04. The van der Waals surface area contributed by atoms with Crippen LogP contribution in [0.5, 0.6) is 0 Å². The molecule has 4 nitrogen and oxygen atoms in total. The first-order valence-electron chi connectivity index (χ1n) is 8.75. The van der Waals surface area contributed by atoms with Crippen LogP contribution in [0.25, 0.3) is 0 Å². The van der Waals surface area contributed by atoms with E-state index in [1.165, 1.54) is 0 Å². The standard InChI is InChI=1S/C20H23N3O.2ClH/c24-19(16-14-20(16)9-12-21-13-10-20)23-18(15-6-2-1-3-7-15)17-8-4-5-11-22-17;;/h1-8,11,16,18,21H,9-10,12-14H2,(H,23,24);2*1H. The summed E-state index contributed by atoms with van der Waals surface area (Å²) in [5, 5.41) is 6.65. The van der Waals surface area contributed by atoms with Gasteiger partial charge >= 0.3 is 0 Å². The fraction of sp³-hybridized carbons (Fsp3) is 0.400. The van der Waals surface area contributed by atoms with Gasteiger partial charge in [0.25, 0.3) is 0 Å². The zero-order valence-corrected chi connectivity index (χ0v) is 16.2. The van der Waals surface area contributed by atoms with Crippen LogP contribution in [0.4, 0.5) is 0 Å². The fourth-order valence-electron chi connectivity index (χ4n) is 3.96. The molecule has 2 heterocycles. The Bertz CT molecular complexity index is 666. The zero-order valence-electron chi connectivity index (χ0n) is 14.6. The molecule has 2 aromatic rings. The number of halogens is 2. The lowest BCUT2D eigenvalue weighted by Gasteiger charge is -2.24. The number of hydrogen-bond donors (Lipinski definition) is 2. The van der Waals surface area contributed by atoms with E-state index in [9.17, 15) is 4.79 Å². The van der Waals surface area contributed by atoms with E-state index in [-0.39, 0.29) is 48.1 Å². The van der Waals surface area contributed by atoms with Crippen molar-refractivity contribution in [3.05, 3.63) is 66.0 Å². The first-order valence-corrected chi connectivity index (χ1v) is 8.75. The van der Waals surface area contributed by atoms with E-state index in [1.54, 1.807) is 6.20 Å². The molecule has 2 atom stereocenters. The van der Waals surface area contributed by atoms with E-state index in [0.29, 0.717) is 0 Å². The molecule has 0 bridgehead atoms. The molecule has 4 rings (SSSR count). The highest BCUT2D eigenvalue weighted by molar-refractivity contribution is 5.85. The number of carbonyl (C=O) groups excluding carboxylic acids is 1. The Morgan fingerprint density at radius 2 is 1.77 bits per heavy atom. The van der Waals surface area contributed by atoms with Crippen LogP contribution in [0.1, 0.15) is 36.6 Å². The van der Waals surface area contributed by atoms with E-state index >= 15 is 0 Å². The number of benzene rings is 1. The largest absolute Gasteiger partial charge is 0.343 e. The molecule has 1 saturated heterocycles. The van der Waals surface area contributed by atoms with Crippen molar-refractivity contribution in [1.82, 2.24) is 15.6 Å². The Morgan fingerprint density at radius 3 is 2.42 bits per heavy atom. The van der Waals surface area contributed by atoms with E-state index in [0.717, 1.165) is 43.6 Å². The molecule has 1 spiro atoms. The van der Waals surface area contributed by atoms with Crippen molar-refractivity contribution in [1.29, 1.82) is 0 Å². The highest BCUT2D eigenvalue weighted by Crippen LogP contribution is 2.58. The lowest BCUT2D eigenvalue weighted by atomic mass is 9.91. The summed E-state index contributed by atoms with van der Waals surface area (Å²) < 4.78 is 0. The number of pyridine rings is 1.